The van der Waals surface area contributed by atoms with Gasteiger partial charge in [-0.15, -0.1) is 0 Å². The van der Waals surface area contributed by atoms with Gasteiger partial charge in [0.15, 0.2) is 0 Å². The number of carbonyl (C=O) groups is 1. The van der Waals surface area contributed by atoms with E-state index in [1.54, 1.807) is 30.2 Å². The summed E-state index contributed by atoms with van der Waals surface area (Å²) < 4.78 is 5.21. The molecule has 0 fully saturated rings. The van der Waals surface area contributed by atoms with E-state index in [4.69, 9.17) is 10.5 Å². The van der Waals surface area contributed by atoms with Gasteiger partial charge in [0, 0.05) is 18.2 Å². The number of carbonyl (C=O) groups excluding carboxylic acids is 1. The highest BCUT2D eigenvalue weighted by Gasteiger charge is 2.26. The molecule has 1 aliphatic heterocycles. The standard InChI is InChI=1S/C16H16N2O2/c1-20-12-6-7-14(17)15(10-12)18-9-8-11-4-2-3-5-13(11)16(18)19/h2-7,10H,8-9,17H2,1H3. The summed E-state index contributed by atoms with van der Waals surface area (Å²) >= 11 is 0. The molecule has 0 unspecified atom stereocenters. The minimum absolute atomic E-state index is 0.00759. The van der Waals surface area contributed by atoms with Crippen LogP contribution in [0, 0.1) is 0 Å². The van der Waals surface area contributed by atoms with Crippen molar-refractivity contribution in [3.05, 3.63) is 53.6 Å². The van der Waals surface area contributed by atoms with Crippen LogP contribution in [-0.2, 0) is 6.42 Å². The van der Waals surface area contributed by atoms with Gasteiger partial charge in [-0.2, -0.15) is 0 Å². The summed E-state index contributed by atoms with van der Waals surface area (Å²) in [6.07, 6.45) is 0.832. The molecule has 1 amide bonds. The molecule has 1 aliphatic rings. The number of amides is 1. The van der Waals surface area contributed by atoms with E-state index in [1.165, 1.54) is 0 Å². The number of hydrogen-bond acceptors (Lipinski definition) is 3. The largest absolute Gasteiger partial charge is 0.497 e. The topological polar surface area (TPSA) is 55.6 Å². The Morgan fingerprint density at radius 2 is 2.00 bits per heavy atom. The molecule has 0 saturated carbocycles. The zero-order valence-corrected chi connectivity index (χ0v) is 11.3. The maximum absolute atomic E-state index is 12.6. The molecule has 0 bridgehead atoms. The number of methoxy groups -OCH3 is 1. The number of nitrogens with zero attached hydrogens (tertiary/aromatic N) is 1. The van der Waals surface area contributed by atoms with E-state index in [0.29, 0.717) is 23.7 Å². The SMILES string of the molecule is COc1ccc(N)c(N2CCc3ccccc3C2=O)c1. The van der Waals surface area contributed by atoms with Gasteiger partial charge in [-0.25, -0.2) is 0 Å². The molecule has 1 heterocycles. The molecule has 3 rings (SSSR count). The highest BCUT2D eigenvalue weighted by molar-refractivity contribution is 6.09. The molecule has 4 heteroatoms. The smallest absolute Gasteiger partial charge is 0.258 e. The summed E-state index contributed by atoms with van der Waals surface area (Å²) in [5, 5.41) is 0. The molecule has 20 heavy (non-hydrogen) atoms. The van der Waals surface area contributed by atoms with E-state index in [0.717, 1.165) is 17.5 Å². The first-order valence-electron chi connectivity index (χ1n) is 6.54. The minimum Gasteiger partial charge on any atom is -0.497 e. The molecule has 0 atom stereocenters. The van der Waals surface area contributed by atoms with Crippen molar-refractivity contribution in [3.8, 4) is 5.75 Å². The third-order valence-corrected chi connectivity index (χ3v) is 3.63. The van der Waals surface area contributed by atoms with Crippen LogP contribution in [0.25, 0.3) is 0 Å². The fourth-order valence-electron chi connectivity index (χ4n) is 2.54. The number of anilines is 2. The molecule has 0 radical (unpaired) electrons. The second-order valence-corrected chi connectivity index (χ2v) is 4.79. The Morgan fingerprint density at radius 3 is 2.80 bits per heavy atom. The lowest BCUT2D eigenvalue weighted by molar-refractivity contribution is 0.0981. The lowest BCUT2D eigenvalue weighted by atomic mass is 9.98. The number of hydrogen-bond donors (Lipinski definition) is 1. The number of nitrogens with two attached hydrogens (primary N) is 1. The Kier molecular flexibility index (Phi) is 3.06. The second kappa shape index (κ2) is 4.89. The van der Waals surface area contributed by atoms with Gasteiger partial charge in [0.05, 0.1) is 18.5 Å². The quantitative estimate of drug-likeness (QED) is 0.851. The molecular weight excluding hydrogens is 252 g/mol. The Labute approximate surface area is 117 Å². The predicted octanol–water partition coefficient (Wildman–Crippen LogP) is 2.48. The van der Waals surface area contributed by atoms with Crippen LogP contribution in [0.1, 0.15) is 15.9 Å². The van der Waals surface area contributed by atoms with Crippen molar-refractivity contribution in [2.24, 2.45) is 0 Å². The summed E-state index contributed by atoms with van der Waals surface area (Å²) in [6, 6.07) is 13.1. The van der Waals surface area contributed by atoms with E-state index in [2.05, 4.69) is 0 Å². The normalized spacial score (nSPS) is 14.1. The summed E-state index contributed by atoms with van der Waals surface area (Å²) in [7, 11) is 1.60. The first-order chi connectivity index (χ1) is 9.70. The first-order valence-corrected chi connectivity index (χ1v) is 6.54. The average molecular weight is 268 g/mol. The van der Waals surface area contributed by atoms with Crippen LogP contribution >= 0.6 is 0 Å². The van der Waals surface area contributed by atoms with Crippen molar-refractivity contribution in [3.63, 3.8) is 0 Å². The van der Waals surface area contributed by atoms with Gasteiger partial charge in [-0.3, -0.25) is 4.79 Å². The van der Waals surface area contributed by atoms with Crippen LogP contribution in [0.3, 0.4) is 0 Å². The molecule has 2 aromatic carbocycles. The molecular formula is C16H16N2O2. The van der Waals surface area contributed by atoms with E-state index in [-0.39, 0.29) is 5.91 Å². The van der Waals surface area contributed by atoms with Gasteiger partial charge in [0.1, 0.15) is 5.75 Å². The van der Waals surface area contributed by atoms with E-state index >= 15 is 0 Å². The van der Waals surface area contributed by atoms with Crippen molar-refractivity contribution in [2.45, 2.75) is 6.42 Å². The molecule has 0 spiro atoms. The molecule has 0 saturated heterocycles. The van der Waals surface area contributed by atoms with E-state index in [9.17, 15) is 4.79 Å². The van der Waals surface area contributed by atoms with Crippen LogP contribution in [0.4, 0.5) is 11.4 Å². The van der Waals surface area contributed by atoms with Crippen molar-refractivity contribution in [1.29, 1.82) is 0 Å². The van der Waals surface area contributed by atoms with Crippen molar-refractivity contribution < 1.29 is 9.53 Å². The predicted molar refractivity (Wildman–Crippen MR) is 79.2 cm³/mol. The Hall–Kier alpha value is -2.49. The summed E-state index contributed by atoms with van der Waals surface area (Å²) in [6.45, 7) is 0.632. The molecule has 0 aromatic heterocycles. The monoisotopic (exact) mass is 268 g/mol. The summed E-state index contributed by atoms with van der Waals surface area (Å²) in [5.74, 6) is 0.688. The number of ether oxygens (including phenoxy) is 1. The Balaban J connectivity index is 2.03. The first kappa shape index (κ1) is 12.5. The van der Waals surface area contributed by atoms with Crippen LogP contribution in [0.15, 0.2) is 42.5 Å². The lowest BCUT2D eigenvalue weighted by Crippen LogP contribution is -2.38. The fourth-order valence-corrected chi connectivity index (χ4v) is 2.54. The Bertz CT molecular complexity index is 667. The molecule has 0 aliphatic carbocycles. The van der Waals surface area contributed by atoms with Crippen molar-refractivity contribution in [1.82, 2.24) is 0 Å². The molecule has 4 nitrogen and oxygen atoms in total. The highest BCUT2D eigenvalue weighted by atomic mass is 16.5. The Morgan fingerprint density at radius 1 is 1.20 bits per heavy atom. The van der Waals surface area contributed by atoms with Gasteiger partial charge in [-0.05, 0) is 30.2 Å². The number of fused-ring (bicyclic) bond motifs is 1. The maximum atomic E-state index is 12.6. The maximum Gasteiger partial charge on any atom is 0.258 e. The third-order valence-electron chi connectivity index (χ3n) is 3.63. The van der Waals surface area contributed by atoms with Crippen LogP contribution in [0.5, 0.6) is 5.75 Å². The molecule has 2 N–H and O–H groups in total. The molecule has 2 aromatic rings. The highest BCUT2D eigenvalue weighted by Crippen LogP contribution is 2.31. The van der Waals surface area contributed by atoms with E-state index in [1.807, 2.05) is 24.3 Å². The van der Waals surface area contributed by atoms with E-state index < -0.39 is 0 Å². The van der Waals surface area contributed by atoms with Gasteiger partial charge in [0.2, 0.25) is 0 Å². The third kappa shape index (κ3) is 1.99. The van der Waals surface area contributed by atoms with Gasteiger partial charge in [-0.1, -0.05) is 18.2 Å². The lowest BCUT2D eigenvalue weighted by Gasteiger charge is -2.29. The summed E-state index contributed by atoms with van der Waals surface area (Å²) in [4.78, 5) is 14.3. The van der Waals surface area contributed by atoms with Gasteiger partial charge in [0.25, 0.3) is 5.91 Å². The second-order valence-electron chi connectivity index (χ2n) is 4.79. The van der Waals surface area contributed by atoms with Gasteiger partial charge < -0.3 is 15.4 Å². The summed E-state index contributed by atoms with van der Waals surface area (Å²) in [5.41, 5.74) is 9.15. The van der Waals surface area contributed by atoms with Crippen LogP contribution in [0.2, 0.25) is 0 Å². The minimum atomic E-state index is -0.00759. The van der Waals surface area contributed by atoms with Crippen molar-refractivity contribution in [2.75, 3.05) is 24.3 Å². The molecule has 102 valence electrons. The zero-order chi connectivity index (χ0) is 14.1. The fraction of sp³-hybridized carbons (Fsp3) is 0.188. The average Bonchev–Trinajstić information content (AvgIpc) is 2.49. The van der Waals surface area contributed by atoms with Gasteiger partial charge >= 0.3 is 0 Å². The van der Waals surface area contributed by atoms with Crippen LogP contribution < -0.4 is 15.4 Å². The van der Waals surface area contributed by atoms with Crippen LogP contribution in [-0.4, -0.2) is 19.6 Å². The zero-order valence-electron chi connectivity index (χ0n) is 11.3. The number of rotatable bonds is 2. The number of benzene rings is 2. The van der Waals surface area contributed by atoms with Crippen molar-refractivity contribution >= 4 is 17.3 Å². The number of nitrogen functional groups attached to an aromatic ring is 1.